The van der Waals surface area contributed by atoms with Crippen LogP contribution >= 0.6 is 0 Å². The van der Waals surface area contributed by atoms with Crippen molar-refractivity contribution in [3.05, 3.63) is 35.9 Å². The van der Waals surface area contributed by atoms with E-state index in [1.54, 1.807) is 0 Å². The molecule has 0 bridgehead atoms. The lowest BCUT2D eigenvalue weighted by atomic mass is 10.1. The van der Waals surface area contributed by atoms with E-state index in [2.05, 4.69) is 22.3 Å². The maximum absolute atomic E-state index is 12.5. The van der Waals surface area contributed by atoms with Crippen molar-refractivity contribution in [3.63, 3.8) is 0 Å². The standard InChI is InChI=1S/C18H26N2O3/c21-10-8-16(15-6-7-15)19-18(22)17-13-20(9-11-23-17)12-14-4-2-1-3-5-14/h1-5,15-17,21H,6-13H2,(H,19,22). The largest absolute Gasteiger partial charge is 0.396 e. The molecule has 0 aromatic heterocycles. The van der Waals surface area contributed by atoms with Crippen molar-refractivity contribution < 1.29 is 14.6 Å². The molecule has 2 unspecified atom stereocenters. The summed E-state index contributed by atoms with van der Waals surface area (Å²) in [6.45, 7) is 3.02. The van der Waals surface area contributed by atoms with Gasteiger partial charge in [0.25, 0.3) is 5.91 Å². The highest BCUT2D eigenvalue weighted by atomic mass is 16.5. The van der Waals surface area contributed by atoms with Crippen LogP contribution in [-0.4, -0.2) is 54.4 Å². The molecule has 5 heteroatoms. The maximum atomic E-state index is 12.5. The van der Waals surface area contributed by atoms with Crippen LogP contribution in [0.4, 0.5) is 0 Å². The molecule has 1 saturated heterocycles. The molecule has 126 valence electrons. The molecule has 1 amide bonds. The summed E-state index contributed by atoms with van der Waals surface area (Å²) >= 11 is 0. The van der Waals surface area contributed by atoms with Gasteiger partial charge < -0.3 is 15.2 Å². The number of rotatable bonds is 7. The van der Waals surface area contributed by atoms with Crippen LogP contribution in [0, 0.1) is 5.92 Å². The molecule has 1 aliphatic heterocycles. The van der Waals surface area contributed by atoms with Crippen LogP contribution in [0.2, 0.25) is 0 Å². The first-order valence-corrected chi connectivity index (χ1v) is 8.55. The van der Waals surface area contributed by atoms with Crippen molar-refractivity contribution in [2.75, 3.05) is 26.3 Å². The number of hydrogen-bond acceptors (Lipinski definition) is 4. The van der Waals surface area contributed by atoms with Crippen molar-refractivity contribution in [3.8, 4) is 0 Å². The molecule has 1 heterocycles. The Morgan fingerprint density at radius 3 is 2.83 bits per heavy atom. The molecule has 0 spiro atoms. The number of carbonyl (C=O) groups is 1. The summed E-state index contributed by atoms with van der Waals surface area (Å²) in [5, 5.41) is 12.2. The molecule has 0 radical (unpaired) electrons. The van der Waals surface area contributed by atoms with Gasteiger partial charge in [0.1, 0.15) is 6.10 Å². The minimum Gasteiger partial charge on any atom is -0.396 e. The molecule has 5 nitrogen and oxygen atoms in total. The number of carbonyl (C=O) groups excluding carboxylic acids is 1. The van der Waals surface area contributed by atoms with Gasteiger partial charge >= 0.3 is 0 Å². The molecule has 23 heavy (non-hydrogen) atoms. The van der Waals surface area contributed by atoms with Crippen LogP contribution in [0.15, 0.2) is 30.3 Å². The third-order valence-corrected chi connectivity index (χ3v) is 4.65. The second kappa shape index (κ2) is 7.90. The Hall–Kier alpha value is -1.43. The molecule has 2 N–H and O–H groups in total. The number of hydrogen-bond donors (Lipinski definition) is 2. The molecular weight excluding hydrogens is 292 g/mol. The Morgan fingerprint density at radius 1 is 1.35 bits per heavy atom. The van der Waals surface area contributed by atoms with Crippen LogP contribution in [0.25, 0.3) is 0 Å². The summed E-state index contributed by atoms with van der Waals surface area (Å²) in [6.07, 6.45) is 2.52. The van der Waals surface area contributed by atoms with E-state index < -0.39 is 6.10 Å². The number of morpholine rings is 1. The van der Waals surface area contributed by atoms with Crippen molar-refractivity contribution in [1.82, 2.24) is 10.2 Å². The molecule has 1 saturated carbocycles. The third kappa shape index (κ3) is 4.77. The highest BCUT2D eigenvalue weighted by molar-refractivity contribution is 5.81. The first-order chi connectivity index (χ1) is 11.3. The van der Waals surface area contributed by atoms with Gasteiger partial charge in [0.05, 0.1) is 6.61 Å². The van der Waals surface area contributed by atoms with E-state index in [4.69, 9.17) is 9.84 Å². The third-order valence-electron chi connectivity index (χ3n) is 4.65. The number of benzene rings is 1. The summed E-state index contributed by atoms with van der Waals surface area (Å²) in [5.74, 6) is 0.503. The van der Waals surface area contributed by atoms with Crippen LogP contribution in [0.3, 0.4) is 0 Å². The fraction of sp³-hybridized carbons (Fsp3) is 0.611. The minimum absolute atomic E-state index is 0.0342. The van der Waals surface area contributed by atoms with E-state index in [1.165, 1.54) is 5.56 Å². The van der Waals surface area contributed by atoms with Crippen LogP contribution in [0.5, 0.6) is 0 Å². The summed E-state index contributed by atoms with van der Waals surface area (Å²) in [4.78, 5) is 14.7. The van der Waals surface area contributed by atoms with Gasteiger partial charge in [-0.15, -0.1) is 0 Å². The van der Waals surface area contributed by atoms with E-state index in [0.29, 0.717) is 25.5 Å². The van der Waals surface area contributed by atoms with Gasteiger partial charge in [-0.3, -0.25) is 9.69 Å². The number of nitrogens with zero attached hydrogens (tertiary/aromatic N) is 1. The van der Waals surface area contributed by atoms with Gasteiger partial charge in [0.2, 0.25) is 0 Å². The van der Waals surface area contributed by atoms with Crippen LogP contribution < -0.4 is 5.32 Å². The van der Waals surface area contributed by atoms with E-state index in [9.17, 15) is 4.79 Å². The average molecular weight is 318 g/mol. The Bertz CT molecular complexity index is 504. The lowest BCUT2D eigenvalue weighted by molar-refractivity contribution is -0.139. The van der Waals surface area contributed by atoms with Gasteiger partial charge in [-0.1, -0.05) is 30.3 Å². The molecule has 2 aliphatic rings. The Morgan fingerprint density at radius 2 is 2.13 bits per heavy atom. The van der Waals surface area contributed by atoms with Crippen LogP contribution in [-0.2, 0) is 16.1 Å². The Balaban J connectivity index is 1.52. The average Bonchev–Trinajstić information content (AvgIpc) is 3.40. The van der Waals surface area contributed by atoms with Gasteiger partial charge in [0.15, 0.2) is 0 Å². The number of ether oxygens (including phenoxy) is 1. The van der Waals surface area contributed by atoms with Crippen molar-refractivity contribution in [2.24, 2.45) is 5.92 Å². The van der Waals surface area contributed by atoms with E-state index in [-0.39, 0.29) is 18.6 Å². The maximum Gasteiger partial charge on any atom is 0.250 e. The first kappa shape index (κ1) is 16.4. The van der Waals surface area contributed by atoms with E-state index in [1.807, 2.05) is 18.2 Å². The summed E-state index contributed by atoms with van der Waals surface area (Å²) < 4.78 is 5.67. The topological polar surface area (TPSA) is 61.8 Å². The molecule has 3 rings (SSSR count). The second-order valence-electron chi connectivity index (χ2n) is 6.54. The molecule has 1 aliphatic carbocycles. The first-order valence-electron chi connectivity index (χ1n) is 8.55. The predicted molar refractivity (Wildman–Crippen MR) is 87.8 cm³/mol. The summed E-state index contributed by atoms with van der Waals surface area (Å²) in [5.41, 5.74) is 1.25. The molecule has 1 aromatic rings. The summed E-state index contributed by atoms with van der Waals surface area (Å²) in [6, 6.07) is 10.4. The number of aliphatic hydroxyl groups is 1. The molecule has 2 atom stereocenters. The molecule has 1 aromatic carbocycles. The van der Waals surface area contributed by atoms with E-state index in [0.717, 1.165) is 25.9 Å². The van der Waals surface area contributed by atoms with Gasteiger partial charge in [0, 0.05) is 32.3 Å². The Labute approximate surface area is 137 Å². The summed E-state index contributed by atoms with van der Waals surface area (Å²) in [7, 11) is 0. The van der Waals surface area contributed by atoms with Gasteiger partial charge in [-0.25, -0.2) is 0 Å². The zero-order chi connectivity index (χ0) is 16.1. The molecular formula is C18H26N2O3. The number of amides is 1. The highest BCUT2D eigenvalue weighted by Crippen LogP contribution is 2.34. The van der Waals surface area contributed by atoms with Gasteiger partial charge in [-0.05, 0) is 30.7 Å². The number of nitrogens with one attached hydrogen (secondary N) is 1. The van der Waals surface area contributed by atoms with Crippen molar-refractivity contribution in [2.45, 2.75) is 38.0 Å². The van der Waals surface area contributed by atoms with Crippen molar-refractivity contribution in [1.29, 1.82) is 0 Å². The quantitative estimate of drug-likeness (QED) is 0.792. The SMILES string of the molecule is O=C(NC(CCO)C1CC1)C1CN(Cc2ccccc2)CCO1. The zero-order valence-corrected chi connectivity index (χ0v) is 13.5. The number of aliphatic hydroxyl groups excluding tert-OH is 1. The van der Waals surface area contributed by atoms with E-state index >= 15 is 0 Å². The molecule has 2 fully saturated rings. The fourth-order valence-electron chi connectivity index (χ4n) is 3.19. The smallest absolute Gasteiger partial charge is 0.250 e. The normalized spacial score (nSPS) is 23.4. The van der Waals surface area contributed by atoms with Gasteiger partial charge in [-0.2, -0.15) is 0 Å². The highest BCUT2D eigenvalue weighted by Gasteiger charge is 2.34. The second-order valence-corrected chi connectivity index (χ2v) is 6.54. The Kier molecular flexibility index (Phi) is 5.65. The monoisotopic (exact) mass is 318 g/mol. The lowest BCUT2D eigenvalue weighted by Gasteiger charge is -2.33. The van der Waals surface area contributed by atoms with Crippen LogP contribution in [0.1, 0.15) is 24.8 Å². The fourth-order valence-corrected chi connectivity index (χ4v) is 3.19. The predicted octanol–water partition coefficient (Wildman–Crippen LogP) is 1.16. The van der Waals surface area contributed by atoms with Crippen molar-refractivity contribution >= 4 is 5.91 Å². The zero-order valence-electron chi connectivity index (χ0n) is 13.5. The lowest BCUT2D eigenvalue weighted by Crippen LogP contribution is -2.52. The minimum atomic E-state index is -0.410.